The number of ether oxygens (including phenoxy) is 2. The van der Waals surface area contributed by atoms with Crippen molar-refractivity contribution in [2.75, 3.05) is 31.6 Å². The van der Waals surface area contributed by atoms with Crippen LogP contribution in [0.4, 0.5) is 5.69 Å². The van der Waals surface area contributed by atoms with Crippen molar-refractivity contribution >= 4 is 21.6 Å². The highest BCUT2D eigenvalue weighted by molar-refractivity contribution is 7.89. The van der Waals surface area contributed by atoms with Gasteiger partial charge in [-0.15, -0.1) is 0 Å². The van der Waals surface area contributed by atoms with E-state index in [1.165, 1.54) is 21.1 Å². The molecule has 0 bridgehead atoms. The molecule has 2 aromatic rings. The number of anilines is 1. The molecule has 1 saturated heterocycles. The number of carbonyl (C=O) groups excluding carboxylic acids is 1. The molecule has 3 heterocycles. The smallest absolute Gasteiger partial charge is 0.272 e. The van der Waals surface area contributed by atoms with Crippen LogP contribution in [0.1, 0.15) is 29.8 Å². The van der Waals surface area contributed by atoms with Gasteiger partial charge in [0, 0.05) is 38.1 Å². The van der Waals surface area contributed by atoms with Crippen LogP contribution < -0.4 is 14.8 Å². The molecule has 28 heavy (non-hydrogen) atoms. The van der Waals surface area contributed by atoms with Crippen molar-refractivity contribution in [1.82, 2.24) is 8.87 Å². The number of benzene rings is 1. The number of carbonyl (C=O) groups is 1. The first-order chi connectivity index (χ1) is 13.4. The lowest BCUT2D eigenvalue weighted by Crippen LogP contribution is -2.35. The lowest BCUT2D eigenvalue weighted by atomic mass is 10.2. The summed E-state index contributed by atoms with van der Waals surface area (Å²) in [5.41, 5.74) is 0.821. The minimum atomic E-state index is -3.59. The molecule has 0 aliphatic carbocycles. The normalized spacial score (nSPS) is 17.3. The highest BCUT2D eigenvalue weighted by Gasteiger charge is 2.28. The highest BCUT2D eigenvalue weighted by atomic mass is 32.2. The summed E-state index contributed by atoms with van der Waals surface area (Å²) in [4.78, 5) is 12.8. The van der Waals surface area contributed by atoms with E-state index in [0.29, 0.717) is 43.5 Å². The third-order valence-electron chi connectivity index (χ3n) is 4.97. The SMILES string of the molecule is Cn1cc(S(=O)(=O)N2CCCCC2)cc1C(=O)Nc1ccc2c(c1)OCCO2. The summed E-state index contributed by atoms with van der Waals surface area (Å²) in [5.74, 6) is 0.821. The molecule has 2 aliphatic rings. The molecule has 0 spiro atoms. The molecule has 4 rings (SSSR count). The Morgan fingerprint density at radius 3 is 2.50 bits per heavy atom. The molecule has 1 aromatic heterocycles. The Bertz CT molecular complexity index is 993. The monoisotopic (exact) mass is 405 g/mol. The molecule has 2 aliphatic heterocycles. The third-order valence-corrected chi connectivity index (χ3v) is 6.83. The summed E-state index contributed by atoms with van der Waals surface area (Å²) >= 11 is 0. The summed E-state index contributed by atoms with van der Waals surface area (Å²) in [6.07, 6.45) is 4.26. The van der Waals surface area contributed by atoms with E-state index >= 15 is 0 Å². The van der Waals surface area contributed by atoms with Crippen LogP contribution in [-0.2, 0) is 17.1 Å². The molecule has 150 valence electrons. The molecular weight excluding hydrogens is 382 g/mol. The average Bonchev–Trinajstić information content (AvgIpc) is 3.11. The Morgan fingerprint density at radius 1 is 1.04 bits per heavy atom. The predicted molar refractivity (Wildman–Crippen MR) is 103 cm³/mol. The number of nitrogens with zero attached hydrogens (tertiary/aromatic N) is 2. The number of amides is 1. The van der Waals surface area contributed by atoms with Crippen LogP contribution in [0.15, 0.2) is 35.4 Å². The first-order valence-electron chi connectivity index (χ1n) is 9.33. The van der Waals surface area contributed by atoms with E-state index < -0.39 is 10.0 Å². The van der Waals surface area contributed by atoms with Crippen molar-refractivity contribution in [1.29, 1.82) is 0 Å². The molecule has 9 heteroatoms. The van der Waals surface area contributed by atoms with Crippen molar-refractivity contribution in [2.24, 2.45) is 7.05 Å². The maximum atomic E-state index is 12.8. The van der Waals surface area contributed by atoms with E-state index in [-0.39, 0.29) is 16.5 Å². The standard InChI is InChI=1S/C19H23N3O5S/c1-21-13-15(28(24,25)22-7-3-2-4-8-22)12-16(21)19(23)20-14-5-6-17-18(11-14)27-10-9-26-17/h5-6,11-13H,2-4,7-10H2,1H3,(H,20,23). The summed E-state index contributed by atoms with van der Waals surface area (Å²) < 4.78 is 39.7. The molecule has 0 radical (unpaired) electrons. The van der Waals surface area contributed by atoms with Gasteiger partial charge in [-0.3, -0.25) is 4.79 Å². The number of aryl methyl sites for hydroxylation is 1. The molecule has 1 amide bonds. The van der Waals surface area contributed by atoms with Gasteiger partial charge in [0.15, 0.2) is 11.5 Å². The zero-order valence-electron chi connectivity index (χ0n) is 15.7. The second-order valence-electron chi connectivity index (χ2n) is 6.95. The van der Waals surface area contributed by atoms with E-state index in [0.717, 1.165) is 19.3 Å². The number of sulfonamides is 1. The second-order valence-corrected chi connectivity index (χ2v) is 8.89. The van der Waals surface area contributed by atoms with Crippen molar-refractivity contribution in [3.8, 4) is 11.5 Å². The van der Waals surface area contributed by atoms with E-state index in [1.54, 1.807) is 25.2 Å². The van der Waals surface area contributed by atoms with Crippen LogP contribution in [0.25, 0.3) is 0 Å². The maximum Gasteiger partial charge on any atom is 0.272 e. The number of aromatic nitrogens is 1. The Kier molecular flexibility index (Phi) is 5.03. The van der Waals surface area contributed by atoms with Gasteiger partial charge in [0.2, 0.25) is 10.0 Å². The number of fused-ring (bicyclic) bond motifs is 1. The summed E-state index contributed by atoms with van der Waals surface area (Å²) in [5, 5.41) is 2.79. The van der Waals surface area contributed by atoms with Crippen molar-refractivity contribution in [3.63, 3.8) is 0 Å². The van der Waals surface area contributed by atoms with Gasteiger partial charge in [-0.05, 0) is 31.0 Å². The largest absolute Gasteiger partial charge is 0.486 e. The topological polar surface area (TPSA) is 89.9 Å². The molecular formula is C19H23N3O5S. The van der Waals surface area contributed by atoms with E-state index in [1.807, 2.05) is 0 Å². The number of hydrogen-bond acceptors (Lipinski definition) is 5. The second kappa shape index (κ2) is 7.48. The summed E-state index contributed by atoms with van der Waals surface area (Å²) in [6.45, 7) is 2.00. The van der Waals surface area contributed by atoms with Gasteiger partial charge >= 0.3 is 0 Å². The van der Waals surface area contributed by atoms with Crippen LogP contribution in [0, 0.1) is 0 Å². The van der Waals surface area contributed by atoms with Crippen LogP contribution in [0.2, 0.25) is 0 Å². The van der Waals surface area contributed by atoms with Gasteiger partial charge in [-0.25, -0.2) is 8.42 Å². The van der Waals surface area contributed by atoms with Crippen LogP contribution in [0.5, 0.6) is 11.5 Å². The fraction of sp³-hybridized carbons (Fsp3) is 0.421. The zero-order chi connectivity index (χ0) is 19.7. The summed E-state index contributed by atoms with van der Waals surface area (Å²) in [6, 6.07) is 6.58. The maximum absolute atomic E-state index is 12.8. The van der Waals surface area contributed by atoms with Gasteiger partial charge in [0.05, 0.1) is 0 Å². The number of piperidine rings is 1. The Balaban J connectivity index is 1.54. The minimum Gasteiger partial charge on any atom is -0.486 e. The molecule has 8 nitrogen and oxygen atoms in total. The van der Waals surface area contributed by atoms with Gasteiger partial charge in [-0.1, -0.05) is 6.42 Å². The van der Waals surface area contributed by atoms with Gasteiger partial charge in [-0.2, -0.15) is 4.31 Å². The molecule has 1 fully saturated rings. The predicted octanol–water partition coefficient (Wildman–Crippen LogP) is 2.22. The Hall–Kier alpha value is -2.52. The van der Waals surface area contributed by atoms with Crippen molar-refractivity contribution in [3.05, 3.63) is 36.2 Å². The fourth-order valence-corrected chi connectivity index (χ4v) is 5.06. The molecule has 0 unspecified atom stereocenters. The quantitative estimate of drug-likeness (QED) is 0.842. The van der Waals surface area contributed by atoms with Gasteiger partial charge in [0.25, 0.3) is 5.91 Å². The van der Waals surface area contributed by atoms with Crippen LogP contribution >= 0.6 is 0 Å². The lowest BCUT2D eigenvalue weighted by molar-refractivity contribution is 0.101. The minimum absolute atomic E-state index is 0.143. The van der Waals surface area contributed by atoms with Gasteiger partial charge < -0.3 is 19.4 Å². The Morgan fingerprint density at radius 2 is 1.75 bits per heavy atom. The van der Waals surface area contributed by atoms with Crippen molar-refractivity contribution in [2.45, 2.75) is 24.2 Å². The Labute approximate surface area is 164 Å². The lowest BCUT2D eigenvalue weighted by Gasteiger charge is -2.25. The van der Waals surface area contributed by atoms with Crippen LogP contribution in [-0.4, -0.2) is 49.5 Å². The molecule has 1 N–H and O–H groups in total. The van der Waals surface area contributed by atoms with Crippen molar-refractivity contribution < 1.29 is 22.7 Å². The third kappa shape index (κ3) is 3.59. The van der Waals surface area contributed by atoms with E-state index in [4.69, 9.17) is 9.47 Å². The van der Waals surface area contributed by atoms with Gasteiger partial charge in [0.1, 0.15) is 23.8 Å². The number of hydrogen-bond donors (Lipinski definition) is 1. The number of rotatable bonds is 4. The van der Waals surface area contributed by atoms with E-state index in [2.05, 4.69) is 5.32 Å². The number of nitrogens with one attached hydrogen (secondary N) is 1. The highest BCUT2D eigenvalue weighted by Crippen LogP contribution is 2.32. The first-order valence-corrected chi connectivity index (χ1v) is 10.8. The molecule has 0 atom stereocenters. The zero-order valence-corrected chi connectivity index (χ0v) is 16.5. The average molecular weight is 405 g/mol. The van der Waals surface area contributed by atoms with Crippen LogP contribution in [0.3, 0.4) is 0 Å². The summed E-state index contributed by atoms with van der Waals surface area (Å²) in [7, 11) is -1.93. The molecule has 1 aromatic carbocycles. The van der Waals surface area contributed by atoms with E-state index in [9.17, 15) is 13.2 Å². The first kappa shape index (κ1) is 18.8. The molecule has 0 saturated carbocycles. The fourth-order valence-electron chi connectivity index (χ4n) is 3.47.